The number of rotatable bonds is 7. The number of esters is 1. The van der Waals surface area contributed by atoms with E-state index >= 15 is 0 Å². The van der Waals surface area contributed by atoms with Gasteiger partial charge < -0.3 is 14.8 Å². The number of ether oxygens (including phenoxy) is 2. The molecule has 0 saturated heterocycles. The number of carbonyl (C=O) groups excluding carboxylic acids is 1. The molecule has 0 aliphatic carbocycles. The monoisotopic (exact) mass is 475 g/mol. The van der Waals surface area contributed by atoms with Crippen LogP contribution < -0.4 is 10.2 Å². The predicted octanol–water partition coefficient (Wildman–Crippen LogP) is 4.46. The smallest absolute Gasteiger partial charge is 0.338 e. The molecular formula is C22H22ClN3O5S. The van der Waals surface area contributed by atoms with Crippen molar-refractivity contribution in [2.75, 3.05) is 25.2 Å². The van der Waals surface area contributed by atoms with Crippen molar-refractivity contribution in [2.24, 2.45) is 0 Å². The summed E-state index contributed by atoms with van der Waals surface area (Å²) in [4.78, 5) is 25.6. The first-order chi connectivity index (χ1) is 15.2. The molecule has 0 aromatic heterocycles. The van der Waals surface area contributed by atoms with E-state index in [0.717, 1.165) is 11.3 Å². The van der Waals surface area contributed by atoms with Crippen LogP contribution in [-0.2, 0) is 14.3 Å². The molecule has 0 fully saturated rings. The van der Waals surface area contributed by atoms with Gasteiger partial charge in [-0.2, -0.15) is 0 Å². The summed E-state index contributed by atoms with van der Waals surface area (Å²) in [5.74, 6) is -0.598. The van der Waals surface area contributed by atoms with Crippen LogP contribution in [0.3, 0.4) is 0 Å². The third-order valence-corrected chi connectivity index (χ3v) is 5.66. The third kappa shape index (κ3) is 4.90. The van der Waals surface area contributed by atoms with Crippen molar-refractivity contribution < 1.29 is 19.2 Å². The van der Waals surface area contributed by atoms with E-state index in [9.17, 15) is 14.9 Å². The van der Waals surface area contributed by atoms with Crippen LogP contribution in [0.25, 0.3) is 0 Å². The van der Waals surface area contributed by atoms with Gasteiger partial charge in [0.1, 0.15) is 6.61 Å². The topological polar surface area (TPSA) is 93.9 Å². The Bertz CT molecular complexity index is 1090. The highest BCUT2D eigenvalue weighted by Crippen LogP contribution is 2.38. The Kier molecular flexibility index (Phi) is 7.44. The first kappa shape index (κ1) is 23.6. The molecule has 0 radical (unpaired) electrons. The average molecular weight is 476 g/mol. The number of methoxy groups -OCH3 is 1. The summed E-state index contributed by atoms with van der Waals surface area (Å²) in [5, 5.41) is 15.0. The fourth-order valence-corrected chi connectivity index (χ4v) is 3.99. The Balaban J connectivity index is 2.13. The molecule has 8 nitrogen and oxygen atoms in total. The summed E-state index contributed by atoms with van der Waals surface area (Å²) in [7, 11) is 1.50. The Morgan fingerprint density at radius 3 is 2.53 bits per heavy atom. The van der Waals surface area contributed by atoms with Gasteiger partial charge in [-0.3, -0.25) is 15.0 Å². The van der Waals surface area contributed by atoms with Crippen molar-refractivity contribution in [2.45, 2.75) is 19.9 Å². The zero-order chi connectivity index (χ0) is 23.4. The van der Waals surface area contributed by atoms with Gasteiger partial charge in [-0.15, -0.1) is 0 Å². The fourth-order valence-electron chi connectivity index (χ4n) is 3.41. The largest absolute Gasteiger partial charge is 0.460 e. The van der Waals surface area contributed by atoms with E-state index in [1.165, 1.54) is 25.3 Å². The van der Waals surface area contributed by atoms with Crippen molar-refractivity contribution >= 4 is 46.3 Å². The number of hydrogen-bond donors (Lipinski definition) is 1. The highest BCUT2D eigenvalue weighted by molar-refractivity contribution is 7.80. The Morgan fingerprint density at radius 2 is 1.91 bits per heavy atom. The van der Waals surface area contributed by atoms with Crippen LogP contribution in [0.1, 0.15) is 24.1 Å². The molecule has 2 aromatic rings. The van der Waals surface area contributed by atoms with Gasteiger partial charge in [0.2, 0.25) is 0 Å². The van der Waals surface area contributed by atoms with Crippen LogP contribution in [0.15, 0.2) is 53.7 Å². The van der Waals surface area contributed by atoms with Crippen LogP contribution in [0, 0.1) is 17.0 Å². The summed E-state index contributed by atoms with van der Waals surface area (Å²) >= 11 is 12.0. The molecule has 1 N–H and O–H groups in total. The minimum atomic E-state index is -0.827. The van der Waals surface area contributed by atoms with Crippen molar-refractivity contribution in [3.8, 4) is 0 Å². The van der Waals surface area contributed by atoms with E-state index in [0.29, 0.717) is 16.4 Å². The Morgan fingerprint density at radius 1 is 1.22 bits per heavy atom. The summed E-state index contributed by atoms with van der Waals surface area (Å²) in [5.41, 5.74) is 2.82. The number of nitrogens with zero attached hydrogens (tertiary/aromatic N) is 2. The zero-order valence-electron chi connectivity index (χ0n) is 17.8. The maximum absolute atomic E-state index is 13.1. The number of nitro benzene ring substituents is 1. The molecule has 1 atom stereocenters. The van der Waals surface area contributed by atoms with Crippen molar-refractivity contribution in [1.29, 1.82) is 0 Å². The minimum Gasteiger partial charge on any atom is -0.460 e. The van der Waals surface area contributed by atoms with Crippen LogP contribution in [0.2, 0.25) is 5.02 Å². The van der Waals surface area contributed by atoms with E-state index in [-0.39, 0.29) is 29.5 Å². The van der Waals surface area contributed by atoms with Crippen molar-refractivity contribution in [1.82, 2.24) is 5.32 Å². The molecule has 1 heterocycles. The van der Waals surface area contributed by atoms with Crippen LogP contribution >= 0.6 is 23.8 Å². The molecular weight excluding hydrogens is 454 g/mol. The molecule has 0 spiro atoms. The summed E-state index contributed by atoms with van der Waals surface area (Å²) in [6.45, 7) is 4.00. The standard InChI is InChI=1S/C22H22ClN3O5S/c1-13-4-6-15(7-5-13)25-14(2)19(21(27)31-11-10-30-3)20(24-22(25)32)17-12-16(26(28)29)8-9-18(17)23/h4-9,12,20H,10-11H2,1-3H3,(H,24,32). The van der Waals surface area contributed by atoms with E-state index < -0.39 is 16.9 Å². The maximum atomic E-state index is 13.1. The normalized spacial score (nSPS) is 16.1. The van der Waals surface area contributed by atoms with Crippen molar-refractivity contribution in [3.05, 3.63) is 80.0 Å². The van der Waals surface area contributed by atoms with E-state index in [1.807, 2.05) is 31.2 Å². The SMILES string of the molecule is COCCOC(=O)C1=C(C)N(c2ccc(C)cc2)C(=S)NC1c1cc([N+](=O)[O-])ccc1Cl. The van der Waals surface area contributed by atoms with Gasteiger partial charge >= 0.3 is 5.97 Å². The lowest BCUT2D eigenvalue weighted by Crippen LogP contribution is -2.48. The maximum Gasteiger partial charge on any atom is 0.338 e. The first-order valence-electron chi connectivity index (χ1n) is 9.72. The lowest BCUT2D eigenvalue weighted by Gasteiger charge is -2.37. The number of nitrogens with one attached hydrogen (secondary N) is 1. The number of non-ortho nitro benzene ring substituents is 1. The van der Waals surface area contributed by atoms with E-state index in [2.05, 4.69) is 5.32 Å². The minimum absolute atomic E-state index is 0.0521. The molecule has 0 bridgehead atoms. The number of allylic oxidation sites excluding steroid dienone is 1. The molecule has 3 rings (SSSR count). The lowest BCUT2D eigenvalue weighted by atomic mass is 9.94. The van der Waals surface area contributed by atoms with Gasteiger partial charge in [-0.25, -0.2) is 4.79 Å². The number of hydrogen-bond acceptors (Lipinski definition) is 6. The molecule has 1 unspecified atom stereocenters. The van der Waals surface area contributed by atoms with Gasteiger partial charge in [0.25, 0.3) is 5.69 Å². The molecule has 168 valence electrons. The molecule has 0 amide bonds. The molecule has 0 saturated carbocycles. The summed E-state index contributed by atoms with van der Waals surface area (Å²) in [6, 6.07) is 10.9. The zero-order valence-corrected chi connectivity index (χ0v) is 19.3. The number of thiocarbonyl (C=S) groups is 1. The van der Waals surface area contributed by atoms with Gasteiger partial charge in [0, 0.05) is 41.2 Å². The Labute approximate surface area is 195 Å². The van der Waals surface area contributed by atoms with E-state index in [1.54, 1.807) is 11.8 Å². The molecule has 10 heteroatoms. The molecule has 1 aliphatic heterocycles. The number of aryl methyl sites for hydroxylation is 1. The second-order valence-corrected chi connectivity index (χ2v) is 7.94. The van der Waals surface area contributed by atoms with Crippen LogP contribution in [0.4, 0.5) is 11.4 Å². The molecule has 2 aromatic carbocycles. The van der Waals surface area contributed by atoms with Gasteiger partial charge in [-0.05, 0) is 44.3 Å². The Hall–Kier alpha value is -3.01. The average Bonchev–Trinajstić information content (AvgIpc) is 2.75. The van der Waals surface area contributed by atoms with Gasteiger partial charge in [0.15, 0.2) is 5.11 Å². The highest BCUT2D eigenvalue weighted by Gasteiger charge is 2.37. The number of carbonyl (C=O) groups is 1. The molecule has 32 heavy (non-hydrogen) atoms. The number of anilines is 1. The van der Waals surface area contributed by atoms with Gasteiger partial charge in [-0.1, -0.05) is 29.3 Å². The second kappa shape index (κ2) is 10.1. The number of nitro groups is 1. The number of halogens is 1. The third-order valence-electron chi connectivity index (χ3n) is 5.02. The summed E-state index contributed by atoms with van der Waals surface area (Å²) < 4.78 is 10.4. The van der Waals surface area contributed by atoms with E-state index in [4.69, 9.17) is 33.3 Å². The van der Waals surface area contributed by atoms with Crippen LogP contribution in [0.5, 0.6) is 0 Å². The summed E-state index contributed by atoms with van der Waals surface area (Å²) in [6.07, 6.45) is 0. The molecule has 1 aliphatic rings. The quantitative estimate of drug-likeness (QED) is 0.206. The lowest BCUT2D eigenvalue weighted by molar-refractivity contribution is -0.384. The van der Waals surface area contributed by atoms with Crippen molar-refractivity contribution in [3.63, 3.8) is 0 Å². The van der Waals surface area contributed by atoms with Gasteiger partial charge in [0.05, 0.1) is 23.1 Å². The van der Waals surface area contributed by atoms with Crippen LogP contribution in [-0.4, -0.2) is 36.3 Å². The fraction of sp³-hybridized carbons (Fsp3) is 0.273. The first-order valence-corrected chi connectivity index (χ1v) is 10.5. The predicted molar refractivity (Wildman–Crippen MR) is 126 cm³/mol. The highest BCUT2D eigenvalue weighted by atomic mass is 35.5. The second-order valence-electron chi connectivity index (χ2n) is 7.14. The number of benzene rings is 2.